The molecule has 0 unspecified atom stereocenters. The first-order chi connectivity index (χ1) is 12.5. The number of H-pyrrole nitrogens is 1. The Hall–Kier alpha value is -2.99. The monoisotopic (exact) mass is 371 g/mol. The van der Waals surface area contributed by atoms with Gasteiger partial charge in [-0.3, -0.25) is 9.78 Å². The predicted molar refractivity (Wildman–Crippen MR) is 94.5 cm³/mol. The topological polar surface area (TPSA) is 92.5 Å². The molecule has 4 rings (SSSR count). The number of aryl methyl sites for hydroxylation is 1. The van der Waals surface area contributed by atoms with Crippen LogP contribution in [0.15, 0.2) is 45.6 Å². The van der Waals surface area contributed by atoms with Crippen molar-refractivity contribution in [1.82, 2.24) is 4.98 Å². The van der Waals surface area contributed by atoms with Crippen LogP contribution in [-0.2, 0) is 6.42 Å². The first kappa shape index (κ1) is 16.5. The Labute approximate surface area is 153 Å². The Bertz CT molecular complexity index is 1050. The number of hydrogen-bond donors (Lipinski definition) is 2. The van der Waals surface area contributed by atoms with Gasteiger partial charge in [-0.15, -0.1) is 0 Å². The molecule has 0 amide bonds. The molecule has 132 valence electrons. The molecule has 3 aromatic rings. The number of carbonyl (C=O) groups is 1. The van der Waals surface area contributed by atoms with Gasteiger partial charge in [-0.2, -0.15) is 0 Å². The lowest BCUT2D eigenvalue weighted by molar-refractivity contribution is 0.112. The van der Waals surface area contributed by atoms with Gasteiger partial charge >= 0.3 is 5.76 Å². The number of nitrogens with one attached hydrogen (secondary N) is 1. The summed E-state index contributed by atoms with van der Waals surface area (Å²) in [5, 5.41) is 10.2. The van der Waals surface area contributed by atoms with Crippen molar-refractivity contribution >= 4 is 17.9 Å². The van der Waals surface area contributed by atoms with Crippen LogP contribution in [0.3, 0.4) is 0 Å². The molecule has 0 saturated carbocycles. The minimum atomic E-state index is -0.667. The van der Waals surface area contributed by atoms with E-state index in [2.05, 4.69) is 4.98 Å². The first-order valence-corrected chi connectivity index (χ1v) is 8.40. The number of benzene rings is 2. The quantitative estimate of drug-likeness (QED) is 0.676. The molecule has 1 aliphatic rings. The lowest BCUT2D eigenvalue weighted by Crippen LogP contribution is -1.97. The molecule has 2 N–H and O–H groups in total. The summed E-state index contributed by atoms with van der Waals surface area (Å²) in [4.78, 5) is 24.3. The summed E-state index contributed by atoms with van der Waals surface area (Å²) in [6, 6.07) is 10.4. The van der Waals surface area contributed by atoms with E-state index in [4.69, 9.17) is 20.8 Å². The van der Waals surface area contributed by atoms with Crippen LogP contribution in [0.5, 0.6) is 17.4 Å². The van der Waals surface area contributed by atoms with Gasteiger partial charge in [0.15, 0.2) is 5.76 Å². The number of aromatic amines is 1. The van der Waals surface area contributed by atoms with Crippen molar-refractivity contribution in [2.75, 3.05) is 0 Å². The van der Waals surface area contributed by atoms with Crippen molar-refractivity contribution in [2.24, 2.45) is 0 Å². The molecule has 0 bridgehead atoms. The van der Waals surface area contributed by atoms with Crippen LogP contribution in [0.25, 0.3) is 0 Å². The van der Waals surface area contributed by atoms with Crippen LogP contribution in [0, 0.1) is 0 Å². The van der Waals surface area contributed by atoms with Crippen LogP contribution in [-0.4, -0.2) is 16.4 Å². The van der Waals surface area contributed by atoms with Gasteiger partial charge in [0, 0.05) is 11.5 Å². The maximum atomic E-state index is 11.3. The maximum Gasteiger partial charge on any atom is 0.419 e. The molecule has 2 aromatic carbocycles. The highest BCUT2D eigenvalue weighted by Gasteiger charge is 2.30. The summed E-state index contributed by atoms with van der Waals surface area (Å²) in [7, 11) is 0. The molecule has 0 aliphatic heterocycles. The van der Waals surface area contributed by atoms with Crippen LogP contribution in [0.2, 0.25) is 5.02 Å². The number of aromatic hydroxyl groups is 1. The Balaban J connectivity index is 1.62. The van der Waals surface area contributed by atoms with Crippen LogP contribution < -0.4 is 10.5 Å². The standard InChI is InChI=1S/C19H14ClNO5/c20-15-7-10(9-22)1-6-16(15)25-12-3-5-13-11(8-12)2-4-14(13)17-18(23)21-19(24)26-17/h1,3,5-9,14,23H,2,4H2,(H,21,24)/t14-/m1/s1. The van der Waals surface area contributed by atoms with Crippen molar-refractivity contribution in [3.05, 3.63) is 74.4 Å². The smallest absolute Gasteiger partial charge is 0.419 e. The van der Waals surface area contributed by atoms with Gasteiger partial charge in [-0.25, -0.2) is 4.79 Å². The summed E-state index contributed by atoms with van der Waals surface area (Å²) in [5.74, 6) is 0.267. The molecular formula is C19H14ClNO5. The molecule has 1 heterocycles. The molecule has 1 atom stereocenters. The van der Waals surface area contributed by atoms with E-state index in [0.717, 1.165) is 30.3 Å². The Morgan fingerprint density at radius 3 is 2.81 bits per heavy atom. The van der Waals surface area contributed by atoms with Crippen LogP contribution in [0.1, 0.15) is 39.6 Å². The van der Waals surface area contributed by atoms with Crippen LogP contribution in [0.4, 0.5) is 0 Å². The van der Waals surface area contributed by atoms with Crippen molar-refractivity contribution in [3.8, 4) is 17.4 Å². The fraction of sp³-hybridized carbons (Fsp3) is 0.158. The highest BCUT2D eigenvalue weighted by Crippen LogP contribution is 2.42. The lowest BCUT2D eigenvalue weighted by Gasteiger charge is -2.11. The zero-order valence-corrected chi connectivity index (χ0v) is 14.2. The predicted octanol–water partition coefficient (Wildman–Crippen LogP) is 4.01. The summed E-state index contributed by atoms with van der Waals surface area (Å²) < 4.78 is 10.9. The molecule has 0 spiro atoms. The maximum absolute atomic E-state index is 11.3. The second-order valence-electron chi connectivity index (χ2n) is 6.09. The van der Waals surface area contributed by atoms with E-state index < -0.39 is 5.76 Å². The molecule has 1 aliphatic carbocycles. The van der Waals surface area contributed by atoms with E-state index in [-0.39, 0.29) is 17.6 Å². The van der Waals surface area contributed by atoms with Crippen molar-refractivity contribution < 1.29 is 19.1 Å². The number of oxazole rings is 1. The van der Waals surface area contributed by atoms with E-state index in [1.165, 1.54) is 0 Å². The van der Waals surface area contributed by atoms with Gasteiger partial charge < -0.3 is 14.3 Å². The number of ether oxygens (including phenoxy) is 1. The number of hydrogen-bond acceptors (Lipinski definition) is 5. The minimum Gasteiger partial charge on any atom is -0.492 e. The van der Waals surface area contributed by atoms with Gasteiger partial charge in [-0.05, 0) is 54.3 Å². The van der Waals surface area contributed by atoms with Crippen molar-refractivity contribution in [1.29, 1.82) is 0 Å². The summed E-state index contributed by atoms with van der Waals surface area (Å²) >= 11 is 6.14. The van der Waals surface area contributed by atoms with E-state index in [0.29, 0.717) is 22.1 Å². The van der Waals surface area contributed by atoms with Gasteiger partial charge in [0.25, 0.3) is 0 Å². The third-order valence-electron chi connectivity index (χ3n) is 4.49. The zero-order chi connectivity index (χ0) is 18.3. The molecule has 26 heavy (non-hydrogen) atoms. The molecule has 0 saturated heterocycles. The molecule has 1 aromatic heterocycles. The molecule has 0 radical (unpaired) electrons. The van der Waals surface area contributed by atoms with Gasteiger partial charge in [0.2, 0.25) is 5.88 Å². The largest absolute Gasteiger partial charge is 0.492 e. The molecule has 6 nitrogen and oxygen atoms in total. The average Bonchev–Trinajstić information content (AvgIpc) is 3.18. The van der Waals surface area contributed by atoms with Crippen molar-refractivity contribution in [2.45, 2.75) is 18.8 Å². The third-order valence-corrected chi connectivity index (χ3v) is 4.78. The van der Waals surface area contributed by atoms with Crippen LogP contribution >= 0.6 is 11.6 Å². The SMILES string of the molecule is O=Cc1ccc(Oc2ccc3c(c2)CC[C@H]3c2oc(=O)[nH]c2O)c(Cl)c1. The molecular weight excluding hydrogens is 358 g/mol. The lowest BCUT2D eigenvalue weighted by atomic mass is 9.99. The summed E-state index contributed by atoms with van der Waals surface area (Å²) in [6.07, 6.45) is 2.21. The number of halogens is 1. The second-order valence-corrected chi connectivity index (χ2v) is 6.50. The fourth-order valence-electron chi connectivity index (χ4n) is 3.30. The first-order valence-electron chi connectivity index (χ1n) is 8.02. The van der Waals surface area contributed by atoms with Gasteiger partial charge in [0.1, 0.15) is 17.8 Å². The Kier molecular flexibility index (Phi) is 4.05. The Morgan fingerprint density at radius 2 is 2.12 bits per heavy atom. The minimum absolute atomic E-state index is 0.173. The van der Waals surface area contributed by atoms with Gasteiger partial charge in [0.05, 0.1) is 5.02 Å². The van der Waals surface area contributed by atoms with E-state index in [1.807, 2.05) is 12.1 Å². The summed E-state index contributed by atoms with van der Waals surface area (Å²) in [6.45, 7) is 0. The van der Waals surface area contributed by atoms with Gasteiger partial charge in [-0.1, -0.05) is 17.7 Å². The number of aromatic nitrogens is 1. The Morgan fingerprint density at radius 1 is 1.27 bits per heavy atom. The average molecular weight is 372 g/mol. The number of carbonyl (C=O) groups excluding carboxylic acids is 1. The van der Waals surface area contributed by atoms with E-state index in [9.17, 15) is 14.7 Å². The van der Waals surface area contributed by atoms with E-state index >= 15 is 0 Å². The molecule has 0 fully saturated rings. The highest BCUT2D eigenvalue weighted by atomic mass is 35.5. The number of rotatable bonds is 4. The highest BCUT2D eigenvalue weighted by molar-refractivity contribution is 6.32. The fourth-order valence-corrected chi connectivity index (χ4v) is 3.53. The zero-order valence-electron chi connectivity index (χ0n) is 13.5. The molecule has 7 heteroatoms. The summed E-state index contributed by atoms with van der Waals surface area (Å²) in [5.41, 5.74) is 2.51. The van der Waals surface area contributed by atoms with Crippen molar-refractivity contribution in [3.63, 3.8) is 0 Å². The second kappa shape index (κ2) is 6.38. The number of aldehydes is 1. The third kappa shape index (κ3) is 2.88. The number of fused-ring (bicyclic) bond motifs is 1. The normalized spacial score (nSPS) is 15.7. The van der Waals surface area contributed by atoms with E-state index in [1.54, 1.807) is 24.3 Å².